The van der Waals surface area contributed by atoms with E-state index in [4.69, 9.17) is 0 Å². The molecule has 11 heteroatoms. The third kappa shape index (κ3) is 5.10. The van der Waals surface area contributed by atoms with Gasteiger partial charge < -0.3 is 5.32 Å². The number of pyridine rings is 1. The lowest BCUT2D eigenvalue weighted by Crippen LogP contribution is -2.35. The second-order valence-electron chi connectivity index (χ2n) is 7.00. The first-order chi connectivity index (χ1) is 14.3. The van der Waals surface area contributed by atoms with Gasteiger partial charge in [-0.25, -0.2) is 8.42 Å². The van der Waals surface area contributed by atoms with E-state index >= 15 is 0 Å². The molecule has 0 unspecified atom stereocenters. The van der Waals surface area contributed by atoms with E-state index in [0.717, 1.165) is 42.2 Å². The summed E-state index contributed by atoms with van der Waals surface area (Å²) in [5.41, 5.74) is -0.122. The van der Waals surface area contributed by atoms with Crippen LogP contribution in [0.15, 0.2) is 52.3 Å². The number of rotatable bonds is 7. The van der Waals surface area contributed by atoms with Gasteiger partial charge in [0.25, 0.3) is 11.2 Å². The summed E-state index contributed by atoms with van der Waals surface area (Å²) in [4.78, 5) is 34.2. The molecule has 1 amide bonds. The molecule has 1 N–H and O–H groups in total. The van der Waals surface area contributed by atoms with Crippen LogP contribution >= 0.6 is 0 Å². The lowest BCUT2D eigenvalue weighted by atomic mass is 10.2. The van der Waals surface area contributed by atoms with Crippen molar-refractivity contribution >= 4 is 21.6 Å². The standard InChI is InChI=1S/C19H22N4O6S/c24-18(14-21-13-16(23(26)27)6-9-19(21)25)20-12-15-4-7-17(8-5-15)30(28,29)22-10-2-1-3-11-22/h4-9,13H,1-3,10-12,14H2,(H,20,24). The first-order valence-corrected chi connectivity index (χ1v) is 10.9. The van der Waals surface area contributed by atoms with Gasteiger partial charge in [-0.15, -0.1) is 0 Å². The molecule has 0 bridgehead atoms. The van der Waals surface area contributed by atoms with Gasteiger partial charge in [-0.05, 0) is 30.5 Å². The predicted molar refractivity (Wildman–Crippen MR) is 108 cm³/mol. The molecule has 30 heavy (non-hydrogen) atoms. The molecule has 3 rings (SSSR count). The van der Waals surface area contributed by atoms with Crippen molar-refractivity contribution in [2.24, 2.45) is 0 Å². The van der Waals surface area contributed by atoms with Gasteiger partial charge in [-0.3, -0.25) is 24.3 Å². The fourth-order valence-electron chi connectivity index (χ4n) is 3.20. The molecular weight excluding hydrogens is 412 g/mol. The molecule has 1 saturated heterocycles. The monoisotopic (exact) mass is 434 g/mol. The normalized spacial score (nSPS) is 14.9. The van der Waals surface area contributed by atoms with Gasteiger partial charge in [0.2, 0.25) is 15.9 Å². The summed E-state index contributed by atoms with van der Waals surface area (Å²) in [5.74, 6) is -0.498. The number of piperidine rings is 1. The number of hydrogen-bond donors (Lipinski definition) is 1. The first kappa shape index (κ1) is 21.7. The second-order valence-corrected chi connectivity index (χ2v) is 8.93. The zero-order chi connectivity index (χ0) is 21.7. The van der Waals surface area contributed by atoms with Crippen molar-refractivity contribution in [3.8, 4) is 0 Å². The minimum Gasteiger partial charge on any atom is -0.350 e. The lowest BCUT2D eigenvalue weighted by Gasteiger charge is -2.25. The van der Waals surface area contributed by atoms with E-state index in [1.54, 1.807) is 12.1 Å². The quantitative estimate of drug-likeness (QED) is 0.515. The maximum absolute atomic E-state index is 12.7. The Kier molecular flexibility index (Phi) is 6.63. The van der Waals surface area contributed by atoms with Crippen molar-refractivity contribution in [3.05, 3.63) is 68.6 Å². The van der Waals surface area contributed by atoms with Crippen LogP contribution in [0.2, 0.25) is 0 Å². The molecule has 1 fully saturated rings. The number of aromatic nitrogens is 1. The number of nitro groups is 1. The van der Waals surface area contributed by atoms with E-state index in [-0.39, 0.29) is 23.7 Å². The maximum atomic E-state index is 12.7. The van der Waals surface area contributed by atoms with Gasteiger partial charge >= 0.3 is 0 Å². The average molecular weight is 434 g/mol. The van der Waals surface area contributed by atoms with Crippen LogP contribution in [0, 0.1) is 10.1 Å². The molecule has 2 heterocycles. The Morgan fingerprint density at radius 1 is 1.07 bits per heavy atom. The van der Waals surface area contributed by atoms with E-state index in [1.807, 2.05) is 0 Å². The molecule has 0 spiro atoms. The van der Waals surface area contributed by atoms with Crippen LogP contribution in [-0.2, 0) is 27.9 Å². The third-order valence-corrected chi connectivity index (χ3v) is 6.77. The second kappa shape index (κ2) is 9.18. The Balaban J connectivity index is 1.60. The van der Waals surface area contributed by atoms with E-state index in [1.165, 1.54) is 16.4 Å². The smallest absolute Gasteiger partial charge is 0.285 e. The van der Waals surface area contributed by atoms with Crippen LogP contribution in [-0.4, -0.2) is 41.2 Å². The van der Waals surface area contributed by atoms with E-state index in [2.05, 4.69) is 5.32 Å². The number of amides is 1. The molecule has 1 aromatic carbocycles. The average Bonchev–Trinajstić information content (AvgIpc) is 2.74. The zero-order valence-corrected chi connectivity index (χ0v) is 17.0. The molecule has 0 radical (unpaired) electrons. The molecule has 1 aliphatic heterocycles. The van der Waals surface area contributed by atoms with Crippen LogP contribution in [0.4, 0.5) is 5.69 Å². The van der Waals surface area contributed by atoms with Gasteiger partial charge in [0.15, 0.2) is 0 Å². The lowest BCUT2D eigenvalue weighted by molar-refractivity contribution is -0.385. The van der Waals surface area contributed by atoms with Crippen molar-refractivity contribution in [3.63, 3.8) is 0 Å². The summed E-state index contributed by atoms with van der Waals surface area (Å²) in [6, 6.07) is 8.38. The SMILES string of the molecule is O=C(Cn1cc([N+](=O)[O-])ccc1=O)NCc1ccc(S(=O)(=O)N2CCCCC2)cc1. The Hall–Kier alpha value is -3.05. The molecule has 0 aliphatic carbocycles. The summed E-state index contributed by atoms with van der Waals surface area (Å²) in [7, 11) is -3.51. The summed E-state index contributed by atoms with van der Waals surface area (Å²) >= 11 is 0. The van der Waals surface area contributed by atoms with Crippen LogP contribution in [0.3, 0.4) is 0 Å². The van der Waals surface area contributed by atoms with Crippen molar-refractivity contribution in [2.75, 3.05) is 13.1 Å². The van der Waals surface area contributed by atoms with E-state index < -0.39 is 26.4 Å². The van der Waals surface area contributed by atoms with Crippen molar-refractivity contribution in [1.82, 2.24) is 14.2 Å². The fraction of sp³-hybridized carbons (Fsp3) is 0.368. The zero-order valence-electron chi connectivity index (χ0n) is 16.2. The number of carbonyl (C=O) groups is 1. The molecule has 0 saturated carbocycles. The van der Waals surface area contributed by atoms with Gasteiger partial charge in [-0.1, -0.05) is 18.6 Å². The van der Waals surface area contributed by atoms with Crippen molar-refractivity contribution in [2.45, 2.75) is 37.2 Å². The first-order valence-electron chi connectivity index (χ1n) is 9.48. The minimum absolute atomic E-state index is 0.132. The Labute approximate surface area is 173 Å². The highest BCUT2D eigenvalue weighted by atomic mass is 32.2. The van der Waals surface area contributed by atoms with Gasteiger partial charge in [-0.2, -0.15) is 4.31 Å². The number of nitrogens with zero attached hydrogens (tertiary/aromatic N) is 3. The van der Waals surface area contributed by atoms with E-state index in [9.17, 15) is 28.1 Å². The number of hydrogen-bond acceptors (Lipinski definition) is 6. The summed E-state index contributed by atoms with van der Waals surface area (Å²) < 4.78 is 27.8. The van der Waals surface area contributed by atoms with Gasteiger partial charge in [0.05, 0.1) is 16.0 Å². The number of nitrogens with one attached hydrogen (secondary N) is 1. The molecule has 0 atom stereocenters. The fourth-order valence-corrected chi connectivity index (χ4v) is 4.71. The Bertz CT molecular complexity index is 1090. The summed E-state index contributed by atoms with van der Waals surface area (Å²) in [6.07, 6.45) is 3.77. The highest BCUT2D eigenvalue weighted by molar-refractivity contribution is 7.89. The molecule has 10 nitrogen and oxygen atoms in total. The molecule has 1 aromatic heterocycles. The molecule has 1 aliphatic rings. The third-order valence-electron chi connectivity index (χ3n) is 4.86. The van der Waals surface area contributed by atoms with Crippen molar-refractivity contribution < 1.29 is 18.1 Å². The summed E-state index contributed by atoms with van der Waals surface area (Å²) in [6.45, 7) is 0.822. The number of sulfonamides is 1. The molecule has 2 aromatic rings. The van der Waals surface area contributed by atoms with E-state index in [0.29, 0.717) is 18.7 Å². The van der Waals surface area contributed by atoms with Crippen LogP contribution in [0.5, 0.6) is 0 Å². The van der Waals surface area contributed by atoms with Crippen LogP contribution in [0.25, 0.3) is 0 Å². The number of carbonyl (C=O) groups excluding carboxylic acids is 1. The molecule has 160 valence electrons. The largest absolute Gasteiger partial charge is 0.350 e. The van der Waals surface area contributed by atoms with Crippen molar-refractivity contribution in [1.29, 1.82) is 0 Å². The highest BCUT2D eigenvalue weighted by Gasteiger charge is 2.25. The highest BCUT2D eigenvalue weighted by Crippen LogP contribution is 2.20. The van der Waals surface area contributed by atoms with Crippen LogP contribution < -0.4 is 10.9 Å². The van der Waals surface area contributed by atoms with Crippen LogP contribution in [0.1, 0.15) is 24.8 Å². The predicted octanol–water partition coefficient (Wildman–Crippen LogP) is 1.25. The Morgan fingerprint density at radius 2 is 1.73 bits per heavy atom. The summed E-state index contributed by atoms with van der Waals surface area (Å²) in [5, 5.41) is 13.4. The molecular formula is C19H22N4O6S. The number of benzene rings is 1. The Morgan fingerprint density at radius 3 is 2.37 bits per heavy atom. The van der Waals surface area contributed by atoms with Gasteiger partial charge in [0.1, 0.15) is 6.54 Å². The topological polar surface area (TPSA) is 132 Å². The minimum atomic E-state index is -3.51. The van der Waals surface area contributed by atoms with Gasteiger partial charge in [0, 0.05) is 31.8 Å². The maximum Gasteiger partial charge on any atom is 0.285 e.